The van der Waals surface area contributed by atoms with Crippen molar-refractivity contribution in [3.05, 3.63) is 34.4 Å². The van der Waals surface area contributed by atoms with Crippen LogP contribution in [-0.4, -0.2) is 17.2 Å². The van der Waals surface area contributed by atoms with E-state index in [1.807, 2.05) is 0 Å². The Balaban J connectivity index is 1.72. The molecule has 1 aliphatic heterocycles. The number of ketones is 1. The predicted octanol–water partition coefficient (Wildman–Crippen LogP) is 3.67. The standard InChI is InChI=1S/C20H25NO2/c1-12-10-15(14-6-7-14)11-13(2)16(12)17-18(22)20(21-19(17)23)8-4-3-5-9-20/h10-11,14,17H,3-9H2,1-2H3,(H,21,23). The predicted molar refractivity (Wildman–Crippen MR) is 89.6 cm³/mol. The third kappa shape index (κ3) is 2.32. The zero-order valence-corrected chi connectivity index (χ0v) is 14.1. The number of hydrogen-bond acceptors (Lipinski definition) is 2. The van der Waals surface area contributed by atoms with Crippen molar-refractivity contribution in [1.29, 1.82) is 0 Å². The number of Topliss-reactive ketones (excluding diaryl/α,β-unsaturated/α-hetero) is 1. The van der Waals surface area contributed by atoms with Gasteiger partial charge in [-0.25, -0.2) is 0 Å². The van der Waals surface area contributed by atoms with E-state index in [0.717, 1.165) is 42.4 Å². The summed E-state index contributed by atoms with van der Waals surface area (Å²) in [6.45, 7) is 4.11. The summed E-state index contributed by atoms with van der Waals surface area (Å²) < 4.78 is 0. The number of rotatable bonds is 2. The van der Waals surface area contributed by atoms with Crippen LogP contribution in [0.3, 0.4) is 0 Å². The quantitative estimate of drug-likeness (QED) is 0.847. The van der Waals surface area contributed by atoms with Crippen LogP contribution >= 0.6 is 0 Å². The Bertz CT molecular complexity index is 658. The maximum Gasteiger partial charge on any atom is 0.235 e. The molecule has 122 valence electrons. The lowest BCUT2D eigenvalue weighted by atomic mass is 9.75. The van der Waals surface area contributed by atoms with Gasteiger partial charge in [-0.2, -0.15) is 0 Å². The summed E-state index contributed by atoms with van der Waals surface area (Å²) in [5, 5.41) is 3.08. The first-order chi connectivity index (χ1) is 11.0. The summed E-state index contributed by atoms with van der Waals surface area (Å²) in [5.74, 6) is 0.135. The second-order valence-electron chi connectivity index (χ2n) is 7.77. The highest BCUT2D eigenvalue weighted by Crippen LogP contribution is 2.44. The molecule has 1 saturated heterocycles. The van der Waals surface area contributed by atoms with E-state index in [0.29, 0.717) is 5.92 Å². The molecule has 23 heavy (non-hydrogen) atoms. The molecule has 1 amide bonds. The molecule has 0 radical (unpaired) electrons. The van der Waals surface area contributed by atoms with Gasteiger partial charge in [0.05, 0.1) is 5.54 Å². The lowest BCUT2D eigenvalue weighted by Gasteiger charge is -2.31. The largest absolute Gasteiger partial charge is 0.343 e. The molecule has 1 N–H and O–H groups in total. The maximum absolute atomic E-state index is 13.1. The van der Waals surface area contributed by atoms with E-state index < -0.39 is 11.5 Å². The van der Waals surface area contributed by atoms with Gasteiger partial charge in [-0.15, -0.1) is 0 Å². The molecule has 1 spiro atoms. The number of hydrogen-bond donors (Lipinski definition) is 1. The summed E-state index contributed by atoms with van der Waals surface area (Å²) in [6, 6.07) is 4.40. The van der Waals surface area contributed by atoms with Gasteiger partial charge in [-0.3, -0.25) is 9.59 Å². The van der Waals surface area contributed by atoms with Crippen LogP contribution < -0.4 is 5.32 Å². The van der Waals surface area contributed by atoms with Gasteiger partial charge in [-0.05, 0) is 67.7 Å². The molecule has 1 atom stereocenters. The van der Waals surface area contributed by atoms with Gasteiger partial charge in [-0.1, -0.05) is 31.4 Å². The molecule has 4 rings (SSSR count). The SMILES string of the molecule is Cc1cc(C2CC2)cc(C)c1C1C(=O)NC2(CCCCC2)C1=O. The van der Waals surface area contributed by atoms with E-state index in [-0.39, 0.29) is 11.7 Å². The lowest BCUT2D eigenvalue weighted by molar-refractivity contribution is -0.125. The minimum atomic E-state index is -0.596. The summed E-state index contributed by atoms with van der Waals surface area (Å²) in [4.78, 5) is 25.8. The second kappa shape index (κ2) is 5.19. The first-order valence-electron chi connectivity index (χ1n) is 8.99. The van der Waals surface area contributed by atoms with Crippen LogP contribution in [-0.2, 0) is 9.59 Å². The molecule has 1 aromatic rings. The number of carbonyl (C=O) groups is 2. The number of nitrogens with one attached hydrogen (secondary N) is 1. The summed E-state index contributed by atoms with van der Waals surface area (Å²) in [7, 11) is 0. The fraction of sp³-hybridized carbons (Fsp3) is 0.600. The van der Waals surface area contributed by atoms with Crippen molar-refractivity contribution < 1.29 is 9.59 Å². The van der Waals surface area contributed by atoms with E-state index in [1.54, 1.807) is 0 Å². The average molecular weight is 311 g/mol. The van der Waals surface area contributed by atoms with Crippen LogP contribution in [0.4, 0.5) is 0 Å². The van der Waals surface area contributed by atoms with Gasteiger partial charge < -0.3 is 5.32 Å². The Kier molecular flexibility index (Phi) is 3.36. The maximum atomic E-state index is 13.1. The summed E-state index contributed by atoms with van der Waals surface area (Å²) >= 11 is 0. The van der Waals surface area contributed by atoms with E-state index in [9.17, 15) is 9.59 Å². The molecule has 1 unspecified atom stereocenters. The van der Waals surface area contributed by atoms with Crippen molar-refractivity contribution in [2.45, 2.75) is 76.2 Å². The smallest absolute Gasteiger partial charge is 0.235 e. The molecule has 0 bridgehead atoms. The van der Waals surface area contributed by atoms with Crippen LogP contribution in [0, 0.1) is 13.8 Å². The Morgan fingerprint density at radius 1 is 1.00 bits per heavy atom. The topological polar surface area (TPSA) is 46.2 Å². The van der Waals surface area contributed by atoms with Crippen molar-refractivity contribution in [3.8, 4) is 0 Å². The minimum Gasteiger partial charge on any atom is -0.343 e. The van der Waals surface area contributed by atoms with Gasteiger partial charge in [0.1, 0.15) is 5.92 Å². The van der Waals surface area contributed by atoms with E-state index in [2.05, 4.69) is 31.3 Å². The van der Waals surface area contributed by atoms with Crippen LogP contribution in [0.1, 0.15) is 79.0 Å². The fourth-order valence-electron chi connectivity index (χ4n) is 4.67. The fourth-order valence-corrected chi connectivity index (χ4v) is 4.67. The molecule has 2 aliphatic carbocycles. The lowest BCUT2D eigenvalue weighted by Crippen LogP contribution is -2.47. The molecular weight excluding hydrogens is 286 g/mol. The number of carbonyl (C=O) groups excluding carboxylic acids is 2. The molecule has 3 heteroatoms. The first-order valence-corrected chi connectivity index (χ1v) is 8.99. The molecule has 3 nitrogen and oxygen atoms in total. The summed E-state index contributed by atoms with van der Waals surface area (Å²) in [5.41, 5.74) is 3.97. The van der Waals surface area contributed by atoms with Crippen molar-refractivity contribution in [2.24, 2.45) is 0 Å². The van der Waals surface area contributed by atoms with Crippen molar-refractivity contribution in [3.63, 3.8) is 0 Å². The number of amides is 1. The van der Waals surface area contributed by atoms with E-state index in [1.165, 1.54) is 24.8 Å². The first kappa shape index (κ1) is 14.9. The highest BCUT2D eigenvalue weighted by molar-refractivity contribution is 6.17. The normalized spacial score (nSPS) is 26.6. The van der Waals surface area contributed by atoms with Crippen LogP contribution in [0.2, 0.25) is 0 Å². The van der Waals surface area contributed by atoms with Gasteiger partial charge in [0.25, 0.3) is 0 Å². The van der Waals surface area contributed by atoms with Crippen LogP contribution in [0.15, 0.2) is 12.1 Å². The Hall–Kier alpha value is -1.64. The van der Waals surface area contributed by atoms with Crippen molar-refractivity contribution in [2.75, 3.05) is 0 Å². The van der Waals surface area contributed by atoms with Crippen LogP contribution in [0.5, 0.6) is 0 Å². The molecule has 2 saturated carbocycles. The minimum absolute atomic E-state index is 0.0812. The number of aryl methyl sites for hydroxylation is 2. The highest BCUT2D eigenvalue weighted by atomic mass is 16.2. The molecule has 0 aromatic heterocycles. The molecule has 3 fully saturated rings. The zero-order chi connectivity index (χ0) is 16.2. The Morgan fingerprint density at radius 2 is 1.61 bits per heavy atom. The third-order valence-electron chi connectivity index (χ3n) is 6.02. The van der Waals surface area contributed by atoms with Crippen LogP contribution in [0.25, 0.3) is 0 Å². The monoisotopic (exact) mass is 311 g/mol. The Morgan fingerprint density at radius 3 is 2.17 bits per heavy atom. The molecular formula is C20H25NO2. The molecule has 1 heterocycles. The van der Waals surface area contributed by atoms with E-state index >= 15 is 0 Å². The average Bonchev–Trinajstić information content (AvgIpc) is 3.32. The van der Waals surface area contributed by atoms with Crippen molar-refractivity contribution in [1.82, 2.24) is 5.32 Å². The second-order valence-corrected chi connectivity index (χ2v) is 7.77. The number of benzene rings is 1. The van der Waals surface area contributed by atoms with Gasteiger partial charge in [0.15, 0.2) is 5.78 Å². The van der Waals surface area contributed by atoms with Crippen molar-refractivity contribution >= 4 is 11.7 Å². The highest BCUT2D eigenvalue weighted by Gasteiger charge is 2.53. The van der Waals surface area contributed by atoms with Gasteiger partial charge in [0.2, 0.25) is 5.91 Å². The zero-order valence-electron chi connectivity index (χ0n) is 14.1. The van der Waals surface area contributed by atoms with E-state index in [4.69, 9.17) is 0 Å². The van der Waals surface area contributed by atoms with Gasteiger partial charge in [0, 0.05) is 0 Å². The third-order valence-corrected chi connectivity index (χ3v) is 6.02. The molecule has 1 aromatic carbocycles. The van der Waals surface area contributed by atoms with Gasteiger partial charge >= 0.3 is 0 Å². The summed E-state index contributed by atoms with van der Waals surface area (Å²) in [6.07, 6.45) is 7.41. The Labute approximate surface area is 137 Å². The molecule has 3 aliphatic rings.